The number of carbonyl (C=O) groups is 1. The lowest BCUT2D eigenvalue weighted by molar-refractivity contribution is -0.141. The fourth-order valence-electron chi connectivity index (χ4n) is 3.27. The molecule has 3 nitrogen and oxygen atoms in total. The van der Waals surface area contributed by atoms with Crippen LogP contribution in [0.25, 0.3) is 11.3 Å². The first kappa shape index (κ1) is 19.3. The molecule has 3 rings (SSSR count). The van der Waals surface area contributed by atoms with Gasteiger partial charge >= 0.3 is 6.18 Å². The molecule has 0 aliphatic carbocycles. The van der Waals surface area contributed by atoms with Gasteiger partial charge in [-0.15, -0.1) is 0 Å². The molecule has 1 fully saturated rings. The first-order valence-electron chi connectivity index (χ1n) is 8.80. The molecule has 27 heavy (non-hydrogen) atoms. The predicted octanol–water partition coefficient (Wildman–Crippen LogP) is 5.06. The van der Waals surface area contributed by atoms with E-state index in [0.29, 0.717) is 25.1 Å². The van der Waals surface area contributed by atoms with Crippen LogP contribution in [0.2, 0.25) is 0 Å². The Hall–Kier alpha value is -2.44. The smallest absolute Gasteiger partial charge is 0.338 e. The largest absolute Gasteiger partial charge is 0.433 e. The van der Waals surface area contributed by atoms with Gasteiger partial charge in [-0.3, -0.25) is 4.79 Å². The third-order valence-corrected chi connectivity index (χ3v) is 4.79. The summed E-state index contributed by atoms with van der Waals surface area (Å²) in [5, 5.41) is 0. The first-order chi connectivity index (χ1) is 12.8. The van der Waals surface area contributed by atoms with E-state index in [1.54, 1.807) is 29.2 Å². The van der Waals surface area contributed by atoms with Crippen molar-refractivity contribution in [1.82, 2.24) is 9.88 Å². The zero-order chi connectivity index (χ0) is 19.6. The monoisotopic (exact) mass is 380 g/mol. The number of benzene rings is 1. The predicted molar refractivity (Wildman–Crippen MR) is 93.5 cm³/mol. The van der Waals surface area contributed by atoms with Crippen molar-refractivity contribution in [3.05, 3.63) is 52.7 Å². The van der Waals surface area contributed by atoms with Crippen LogP contribution >= 0.6 is 0 Å². The molecule has 1 aliphatic heterocycles. The maximum atomic E-state index is 13.4. The fraction of sp³-hybridized carbons (Fsp3) is 0.400. The minimum absolute atomic E-state index is 0.00502. The van der Waals surface area contributed by atoms with E-state index < -0.39 is 18.5 Å². The van der Waals surface area contributed by atoms with Gasteiger partial charge in [0.05, 0.1) is 5.69 Å². The molecule has 0 atom stereocenters. The van der Waals surface area contributed by atoms with E-state index in [9.17, 15) is 22.4 Å². The number of pyridine rings is 1. The highest BCUT2D eigenvalue weighted by molar-refractivity contribution is 5.76. The summed E-state index contributed by atoms with van der Waals surface area (Å²) in [6.07, 6.45) is -2.17. The molecule has 2 heterocycles. The summed E-state index contributed by atoms with van der Waals surface area (Å²) in [6.45, 7) is 1.73. The second-order valence-corrected chi connectivity index (χ2v) is 6.75. The van der Waals surface area contributed by atoms with E-state index in [0.717, 1.165) is 24.5 Å². The van der Waals surface area contributed by atoms with Crippen molar-refractivity contribution < 1.29 is 22.4 Å². The highest BCUT2D eigenvalue weighted by Gasteiger charge is 2.34. The van der Waals surface area contributed by atoms with Crippen LogP contribution in [-0.2, 0) is 24.2 Å². The molecule has 1 aliphatic rings. The normalized spacial score (nSPS) is 15.3. The van der Waals surface area contributed by atoms with E-state index in [4.69, 9.17) is 0 Å². The Labute approximate surface area is 155 Å². The minimum atomic E-state index is -4.59. The summed E-state index contributed by atoms with van der Waals surface area (Å²) < 4.78 is 52.6. The topological polar surface area (TPSA) is 33.2 Å². The Bertz CT molecular complexity index is 831. The quantitative estimate of drug-likeness (QED) is 0.695. The van der Waals surface area contributed by atoms with Crippen molar-refractivity contribution in [3.63, 3.8) is 0 Å². The van der Waals surface area contributed by atoms with Gasteiger partial charge in [0.1, 0.15) is 12.4 Å². The highest BCUT2D eigenvalue weighted by atomic mass is 19.4. The van der Waals surface area contributed by atoms with Gasteiger partial charge in [-0.05, 0) is 37.0 Å². The molecule has 0 saturated carbocycles. The fourth-order valence-corrected chi connectivity index (χ4v) is 3.27. The van der Waals surface area contributed by atoms with Crippen LogP contribution < -0.4 is 0 Å². The van der Waals surface area contributed by atoms with Gasteiger partial charge in [0.2, 0.25) is 5.91 Å². The highest BCUT2D eigenvalue weighted by Crippen LogP contribution is 2.33. The Morgan fingerprint density at radius 1 is 1.15 bits per heavy atom. The molecule has 0 N–H and O–H groups in total. The van der Waals surface area contributed by atoms with Crippen LogP contribution in [0.15, 0.2) is 30.3 Å². The maximum absolute atomic E-state index is 13.4. The lowest BCUT2D eigenvalue weighted by atomic mass is 10.00. The Morgan fingerprint density at radius 3 is 2.44 bits per heavy atom. The van der Waals surface area contributed by atoms with Crippen LogP contribution in [0.1, 0.15) is 41.6 Å². The number of alkyl halides is 4. The molecule has 1 saturated heterocycles. The van der Waals surface area contributed by atoms with Crippen LogP contribution in [0, 0.1) is 6.92 Å². The van der Waals surface area contributed by atoms with Crippen molar-refractivity contribution in [3.8, 4) is 11.3 Å². The first-order valence-corrected chi connectivity index (χ1v) is 8.80. The number of piperidine rings is 1. The van der Waals surface area contributed by atoms with Crippen molar-refractivity contribution in [2.45, 2.75) is 45.6 Å². The van der Waals surface area contributed by atoms with E-state index >= 15 is 0 Å². The van der Waals surface area contributed by atoms with Crippen molar-refractivity contribution in [1.29, 1.82) is 0 Å². The van der Waals surface area contributed by atoms with Gasteiger partial charge in [0, 0.05) is 30.6 Å². The second-order valence-electron chi connectivity index (χ2n) is 6.75. The number of halogens is 4. The van der Waals surface area contributed by atoms with Gasteiger partial charge in [-0.25, -0.2) is 9.37 Å². The number of likely N-dealkylation sites (tertiary alicyclic amines) is 1. The number of aryl methyl sites for hydroxylation is 1. The Kier molecular flexibility index (Phi) is 5.48. The lowest BCUT2D eigenvalue weighted by Gasteiger charge is -2.26. The molecule has 1 aromatic carbocycles. The van der Waals surface area contributed by atoms with Gasteiger partial charge in [0.15, 0.2) is 0 Å². The van der Waals surface area contributed by atoms with Crippen molar-refractivity contribution >= 4 is 5.91 Å². The number of nitrogens with zero attached hydrogens (tertiary/aromatic N) is 2. The van der Waals surface area contributed by atoms with E-state index in [2.05, 4.69) is 4.98 Å². The Morgan fingerprint density at radius 2 is 1.85 bits per heavy atom. The number of hydrogen-bond acceptors (Lipinski definition) is 2. The SMILES string of the molecule is Cc1cc(C(F)(F)F)nc(-c2ccc(CN3CCCCC3=O)cc2)c1CF. The molecule has 0 radical (unpaired) electrons. The summed E-state index contributed by atoms with van der Waals surface area (Å²) >= 11 is 0. The molecule has 1 amide bonds. The maximum Gasteiger partial charge on any atom is 0.433 e. The standard InChI is InChI=1S/C20H20F4N2O/c1-13-10-17(20(22,23)24)25-19(16(13)11-21)15-7-5-14(6-8-15)12-26-9-3-2-4-18(26)27/h5-8,10H,2-4,9,11-12H2,1H3. The van der Waals surface area contributed by atoms with Crippen LogP contribution in [-0.4, -0.2) is 22.3 Å². The lowest BCUT2D eigenvalue weighted by Crippen LogP contribution is -2.34. The number of amides is 1. The zero-order valence-electron chi connectivity index (χ0n) is 14.9. The summed E-state index contributed by atoms with van der Waals surface area (Å²) in [6, 6.07) is 7.62. The molecule has 0 unspecified atom stereocenters. The summed E-state index contributed by atoms with van der Waals surface area (Å²) in [5.74, 6) is 0.111. The summed E-state index contributed by atoms with van der Waals surface area (Å²) in [4.78, 5) is 17.4. The van der Waals surface area contributed by atoms with Crippen molar-refractivity contribution in [2.24, 2.45) is 0 Å². The molecule has 2 aromatic rings. The third kappa shape index (κ3) is 4.28. The van der Waals surface area contributed by atoms with E-state index in [-0.39, 0.29) is 22.7 Å². The van der Waals surface area contributed by atoms with Gasteiger partial charge in [-0.2, -0.15) is 13.2 Å². The number of hydrogen-bond donors (Lipinski definition) is 0. The van der Waals surface area contributed by atoms with Gasteiger partial charge in [-0.1, -0.05) is 24.3 Å². The number of aromatic nitrogens is 1. The van der Waals surface area contributed by atoms with Crippen LogP contribution in [0.5, 0.6) is 0 Å². The van der Waals surface area contributed by atoms with E-state index in [1.165, 1.54) is 6.92 Å². The van der Waals surface area contributed by atoms with Gasteiger partial charge in [0.25, 0.3) is 0 Å². The molecule has 0 spiro atoms. The second kappa shape index (κ2) is 7.66. The Balaban J connectivity index is 1.90. The molecule has 7 heteroatoms. The molecular weight excluding hydrogens is 360 g/mol. The summed E-state index contributed by atoms with van der Waals surface area (Å²) in [5.41, 5.74) is 0.644. The minimum Gasteiger partial charge on any atom is -0.338 e. The molecule has 0 bridgehead atoms. The molecule has 1 aromatic heterocycles. The average molecular weight is 380 g/mol. The summed E-state index contributed by atoms with van der Waals surface area (Å²) in [7, 11) is 0. The van der Waals surface area contributed by atoms with Crippen LogP contribution in [0.4, 0.5) is 17.6 Å². The van der Waals surface area contributed by atoms with Crippen molar-refractivity contribution in [2.75, 3.05) is 6.54 Å². The van der Waals surface area contributed by atoms with Gasteiger partial charge < -0.3 is 4.90 Å². The number of carbonyl (C=O) groups excluding carboxylic acids is 1. The zero-order valence-corrected chi connectivity index (χ0v) is 14.9. The average Bonchev–Trinajstić information content (AvgIpc) is 2.63. The molecule has 144 valence electrons. The number of rotatable bonds is 4. The van der Waals surface area contributed by atoms with Crippen LogP contribution in [0.3, 0.4) is 0 Å². The third-order valence-electron chi connectivity index (χ3n) is 4.79. The van der Waals surface area contributed by atoms with E-state index in [1.807, 2.05) is 0 Å². The molecular formula is C20H20F4N2O.